The van der Waals surface area contributed by atoms with E-state index in [9.17, 15) is 4.79 Å². The smallest absolute Gasteiger partial charge is 0.258 e. The molecule has 1 heterocycles. The van der Waals surface area contributed by atoms with Crippen LogP contribution < -0.4 is 0 Å². The molecule has 3 heteroatoms. The number of nitrogens with zero attached hydrogens (tertiary/aromatic N) is 1. The van der Waals surface area contributed by atoms with Gasteiger partial charge in [-0.2, -0.15) is 0 Å². The van der Waals surface area contributed by atoms with E-state index in [1.54, 1.807) is 0 Å². The van der Waals surface area contributed by atoms with E-state index in [1.165, 1.54) is 0 Å². The van der Waals surface area contributed by atoms with Crippen molar-refractivity contribution in [2.45, 2.75) is 33.6 Å². The molecule has 102 valence electrons. The fourth-order valence-electron chi connectivity index (χ4n) is 2.45. The zero-order chi connectivity index (χ0) is 13.8. The van der Waals surface area contributed by atoms with Gasteiger partial charge < -0.3 is 9.32 Å². The highest BCUT2D eigenvalue weighted by atomic mass is 16.3. The van der Waals surface area contributed by atoms with Crippen LogP contribution in [0.3, 0.4) is 0 Å². The van der Waals surface area contributed by atoms with Gasteiger partial charge in [0.2, 0.25) is 0 Å². The Labute approximate surface area is 114 Å². The molecule has 0 saturated heterocycles. The summed E-state index contributed by atoms with van der Waals surface area (Å²) in [5.41, 5.74) is 1.51. The molecule has 0 unspecified atom stereocenters. The van der Waals surface area contributed by atoms with Crippen molar-refractivity contribution in [3.8, 4) is 0 Å². The Kier molecular flexibility index (Phi) is 4.25. The molecule has 0 radical (unpaired) electrons. The minimum atomic E-state index is 0.0890. The van der Waals surface area contributed by atoms with Crippen molar-refractivity contribution in [1.29, 1.82) is 0 Å². The molecule has 3 nitrogen and oxygen atoms in total. The Balaban J connectivity index is 2.42. The minimum Gasteiger partial charge on any atom is -0.461 e. The maximum atomic E-state index is 12.7. The number of benzene rings is 1. The number of hydrogen-bond acceptors (Lipinski definition) is 2. The van der Waals surface area contributed by atoms with Crippen LogP contribution in [0.2, 0.25) is 0 Å². The second-order valence-electron chi connectivity index (χ2n) is 4.82. The zero-order valence-corrected chi connectivity index (χ0v) is 11.9. The third-order valence-electron chi connectivity index (χ3n) is 3.26. The normalized spacial score (nSPS) is 10.9. The lowest BCUT2D eigenvalue weighted by molar-refractivity contribution is 0.0755. The van der Waals surface area contributed by atoms with E-state index in [0.717, 1.165) is 42.5 Å². The molecule has 2 aromatic rings. The van der Waals surface area contributed by atoms with E-state index in [-0.39, 0.29) is 5.91 Å². The molecule has 0 atom stereocenters. The van der Waals surface area contributed by atoms with E-state index in [1.807, 2.05) is 36.1 Å². The summed E-state index contributed by atoms with van der Waals surface area (Å²) < 4.78 is 5.68. The highest BCUT2D eigenvalue weighted by Gasteiger charge is 2.22. The Hall–Kier alpha value is -1.77. The number of furan rings is 1. The molecule has 0 bridgehead atoms. The van der Waals surface area contributed by atoms with Crippen molar-refractivity contribution in [3.63, 3.8) is 0 Å². The zero-order valence-electron chi connectivity index (χ0n) is 11.9. The molecule has 0 spiro atoms. The predicted molar refractivity (Wildman–Crippen MR) is 77.4 cm³/mol. The first kappa shape index (κ1) is 13.7. The number of rotatable bonds is 5. The number of hydrogen-bond donors (Lipinski definition) is 0. The fraction of sp³-hybridized carbons (Fsp3) is 0.438. The van der Waals surface area contributed by atoms with Crippen LogP contribution in [0.25, 0.3) is 11.0 Å². The number of carbonyl (C=O) groups is 1. The predicted octanol–water partition coefficient (Wildman–Crippen LogP) is 4.00. The van der Waals surface area contributed by atoms with Crippen molar-refractivity contribution in [3.05, 3.63) is 35.6 Å². The first-order chi connectivity index (χ1) is 9.19. The quantitative estimate of drug-likeness (QED) is 0.813. The van der Waals surface area contributed by atoms with Crippen molar-refractivity contribution >= 4 is 16.9 Å². The summed E-state index contributed by atoms with van der Waals surface area (Å²) in [4.78, 5) is 14.6. The Bertz CT molecular complexity index is 565. The molecule has 1 aromatic heterocycles. The average Bonchev–Trinajstić information content (AvgIpc) is 2.73. The topological polar surface area (TPSA) is 33.5 Å². The van der Waals surface area contributed by atoms with Gasteiger partial charge in [-0.3, -0.25) is 4.79 Å². The second-order valence-corrected chi connectivity index (χ2v) is 4.82. The fourth-order valence-corrected chi connectivity index (χ4v) is 2.45. The van der Waals surface area contributed by atoms with Gasteiger partial charge >= 0.3 is 0 Å². The van der Waals surface area contributed by atoms with Gasteiger partial charge in [0.1, 0.15) is 11.3 Å². The van der Waals surface area contributed by atoms with Gasteiger partial charge in [-0.15, -0.1) is 0 Å². The third-order valence-corrected chi connectivity index (χ3v) is 3.26. The lowest BCUT2D eigenvalue weighted by Crippen LogP contribution is -2.32. The molecule has 1 aromatic carbocycles. The molecule has 0 fully saturated rings. The summed E-state index contributed by atoms with van der Waals surface area (Å²) in [7, 11) is 0. The first-order valence-corrected chi connectivity index (χ1v) is 6.96. The molecule has 1 amide bonds. The van der Waals surface area contributed by atoms with Crippen LogP contribution in [0.15, 0.2) is 28.7 Å². The summed E-state index contributed by atoms with van der Waals surface area (Å²) in [5, 5.41) is 0.919. The summed E-state index contributed by atoms with van der Waals surface area (Å²) in [6.45, 7) is 7.65. The Morgan fingerprint density at radius 3 is 2.42 bits per heavy atom. The molecule has 0 aliphatic heterocycles. The SMILES string of the molecule is CCCN(CCC)C(=O)c1c(C)oc2ccccc12. The molecule has 0 saturated carbocycles. The van der Waals surface area contributed by atoms with E-state index < -0.39 is 0 Å². The monoisotopic (exact) mass is 259 g/mol. The van der Waals surface area contributed by atoms with E-state index in [0.29, 0.717) is 5.76 Å². The largest absolute Gasteiger partial charge is 0.461 e. The third kappa shape index (κ3) is 2.65. The molecule has 19 heavy (non-hydrogen) atoms. The first-order valence-electron chi connectivity index (χ1n) is 6.96. The molecule has 2 rings (SSSR count). The highest BCUT2D eigenvalue weighted by molar-refractivity contribution is 6.07. The number of amides is 1. The van der Waals surface area contributed by atoms with Gasteiger partial charge in [0.15, 0.2) is 0 Å². The van der Waals surface area contributed by atoms with E-state index >= 15 is 0 Å². The number of para-hydroxylation sites is 1. The lowest BCUT2D eigenvalue weighted by Gasteiger charge is -2.21. The highest BCUT2D eigenvalue weighted by Crippen LogP contribution is 2.26. The lowest BCUT2D eigenvalue weighted by atomic mass is 10.1. The summed E-state index contributed by atoms with van der Waals surface area (Å²) in [6.07, 6.45) is 1.95. The standard InChI is InChI=1S/C16H21NO2/c1-4-10-17(11-5-2)16(18)15-12(3)19-14-9-7-6-8-13(14)15/h6-9H,4-5,10-11H2,1-3H3. The van der Waals surface area contributed by atoms with Crippen LogP contribution in [0, 0.1) is 6.92 Å². The maximum absolute atomic E-state index is 12.7. The molecule has 0 aliphatic rings. The van der Waals surface area contributed by atoms with Gasteiger partial charge in [0, 0.05) is 18.5 Å². The Morgan fingerprint density at radius 1 is 1.16 bits per heavy atom. The summed E-state index contributed by atoms with van der Waals surface area (Å²) in [5.74, 6) is 0.801. The summed E-state index contributed by atoms with van der Waals surface area (Å²) >= 11 is 0. The van der Waals surface area contributed by atoms with Crippen LogP contribution >= 0.6 is 0 Å². The van der Waals surface area contributed by atoms with Gasteiger partial charge in [0.25, 0.3) is 5.91 Å². The van der Waals surface area contributed by atoms with E-state index in [4.69, 9.17) is 4.42 Å². The number of fused-ring (bicyclic) bond motifs is 1. The average molecular weight is 259 g/mol. The van der Waals surface area contributed by atoms with Crippen molar-refractivity contribution < 1.29 is 9.21 Å². The van der Waals surface area contributed by atoms with Crippen molar-refractivity contribution in [2.24, 2.45) is 0 Å². The van der Waals surface area contributed by atoms with E-state index in [2.05, 4.69) is 13.8 Å². The minimum absolute atomic E-state index is 0.0890. The second kappa shape index (κ2) is 5.91. The van der Waals surface area contributed by atoms with Crippen LogP contribution in [0.5, 0.6) is 0 Å². The number of aryl methyl sites for hydroxylation is 1. The van der Waals surface area contributed by atoms with Crippen molar-refractivity contribution in [2.75, 3.05) is 13.1 Å². The van der Waals surface area contributed by atoms with Gasteiger partial charge in [-0.1, -0.05) is 32.0 Å². The van der Waals surface area contributed by atoms with Crippen LogP contribution in [-0.4, -0.2) is 23.9 Å². The van der Waals surface area contributed by atoms with Crippen LogP contribution in [0.1, 0.15) is 42.8 Å². The van der Waals surface area contributed by atoms with Gasteiger partial charge in [0.05, 0.1) is 5.56 Å². The summed E-state index contributed by atoms with van der Waals surface area (Å²) in [6, 6.07) is 7.73. The van der Waals surface area contributed by atoms with Crippen LogP contribution in [0.4, 0.5) is 0 Å². The van der Waals surface area contributed by atoms with Crippen molar-refractivity contribution in [1.82, 2.24) is 4.90 Å². The molecule has 0 aliphatic carbocycles. The maximum Gasteiger partial charge on any atom is 0.258 e. The van der Waals surface area contributed by atoms with Gasteiger partial charge in [-0.05, 0) is 25.8 Å². The Morgan fingerprint density at radius 2 is 1.79 bits per heavy atom. The number of carbonyl (C=O) groups excluding carboxylic acids is 1. The molecular formula is C16H21NO2. The molecular weight excluding hydrogens is 238 g/mol. The van der Waals surface area contributed by atoms with Gasteiger partial charge in [-0.25, -0.2) is 0 Å². The van der Waals surface area contributed by atoms with Crippen LogP contribution in [-0.2, 0) is 0 Å². The molecule has 0 N–H and O–H groups in total.